The van der Waals surface area contributed by atoms with E-state index < -0.39 is 12.0 Å². The maximum absolute atomic E-state index is 11.8. The molecular formula is C15H23N3O4. The Labute approximate surface area is 129 Å². The zero-order chi connectivity index (χ0) is 16.1. The number of aryl methyl sites for hydroxylation is 1. The van der Waals surface area contributed by atoms with Gasteiger partial charge in [-0.25, -0.2) is 4.79 Å². The average Bonchev–Trinajstić information content (AvgIpc) is 3.12. The van der Waals surface area contributed by atoms with Gasteiger partial charge >= 0.3 is 5.97 Å². The molecule has 1 fully saturated rings. The Balaban J connectivity index is 1.82. The number of carboxylic acid groups (broad SMARTS) is 1. The van der Waals surface area contributed by atoms with Crippen molar-refractivity contribution in [1.82, 2.24) is 15.5 Å². The van der Waals surface area contributed by atoms with Crippen LogP contribution in [0, 0.1) is 5.92 Å². The first-order chi connectivity index (χ1) is 10.5. The van der Waals surface area contributed by atoms with Crippen LogP contribution in [-0.2, 0) is 16.0 Å². The van der Waals surface area contributed by atoms with E-state index in [1.807, 2.05) is 0 Å². The third kappa shape index (κ3) is 4.29. The molecule has 1 aromatic heterocycles. The topological polar surface area (TPSA) is 105 Å². The minimum atomic E-state index is -1.02. The van der Waals surface area contributed by atoms with Crippen LogP contribution in [0.1, 0.15) is 63.6 Å². The first-order valence-corrected chi connectivity index (χ1v) is 7.82. The zero-order valence-corrected chi connectivity index (χ0v) is 13.0. The lowest BCUT2D eigenvalue weighted by molar-refractivity contribution is -0.143. The van der Waals surface area contributed by atoms with Crippen molar-refractivity contribution in [2.75, 3.05) is 0 Å². The largest absolute Gasteiger partial charge is 0.480 e. The van der Waals surface area contributed by atoms with Crippen LogP contribution in [-0.4, -0.2) is 33.2 Å². The van der Waals surface area contributed by atoms with Crippen LogP contribution in [0.2, 0.25) is 0 Å². The van der Waals surface area contributed by atoms with Crippen molar-refractivity contribution in [3.05, 3.63) is 11.7 Å². The van der Waals surface area contributed by atoms with Crippen LogP contribution in [0.3, 0.4) is 0 Å². The number of nitrogens with zero attached hydrogens (tertiary/aromatic N) is 2. The number of aliphatic carboxylic acids is 1. The molecule has 0 saturated heterocycles. The summed E-state index contributed by atoms with van der Waals surface area (Å²) in [6.07, 6.45) is 5.05. The molecular weight excluding hydrogens is 286 g/mol. The number of hydrogen-bond acceptors (Lipinski definition) is 5. The van der Waals surface area contributed by atoms with E-state index in [1.54, 1.807) is 13.8 Å². The number of amides is 1. The SMILES string of the molecule is CC(C)C(NC(=O)CCc1nc(C2CCCC2)no1)C(=O)O. The van der Waals surface area contributed by atoms with Crippen molar-refractivity contribution < 1.29 is 19.2 Å². The molecule has 0 bridgehead atoms. The summed E-state index contributed by atoms with van der Waals surface area (Å²) in [5.74, 6) is 0.0424. The molecule has 2 rings (SSSR count). The number of rotatable bonds is 7. The number of nitrogens with one attached hydrogen (secondary N) is 1. The molecule has 0 radical (unpaired) electrons. The van der Waals surface area contributed by atoms with Gasteiger partial charge in [0.15, 0.2) is 5.82 Å². The van der Waals surface area contributed by atoms with E-state index in [0.29, 0.717) is 18.2 Å². The van der Waals surface area contributed by atoms with E-state index in [4.69, 9.17) is 9.63 Å². The molecule has 0 spiro atoms. The average molecular weight is 309 g/mol. The lowest BCUT2D eigenvalue weighted by Gasteiger charge is -2.17. The summed E-state index contributed by atoms with van der Waals surface area (Å²) in [5.41, 5.74) is 0. The van der Waals surface area contributed by atoms with Crippen molar-refractivity contribution in [2.45, 2.75) is 64.3 Å². The standard InChI is InChI=1S/C15H23N3O4/c1-9(2)13(15(20)21)16-11(19)7-8-12-17-14(18-22-12)10-5-3-4-6-10/h9-10,13H,3-8H2,1-2H3,(H,16,19)(H,20,21). The van der Waals surface area contributed by atoms with Crippen LogP contribution >= 0.6 is 0 Å². The number of carbonyl (C=O) groups is 2. The van der Waals surface area contributed by atoms with Gasteiger partial charge in [-0.2, -0.15) is 4.98 Å². The minimum Gasteiger partial charge on any atom is -0.480 e. The molecule has 22 heavy (non-hydrogen) atoms. The number of carbonyl (C=O) groups excluding carboxylic acids is 1. The summed E-state index contributed by atoms with van der Waals surface area (Å²) in [5, 5.41) is 15.5. The van der Waals surface area contributed by atoms with E-state index in [2.05, 4.69) is 15.5 Å². The highest BCUT2D eigenvalue weighted by Crippen LogP contribution is 2.32. The number of aromatic nitrogens is 2. The Kier molecular flexibility index (Phi) is 5.51. The van der Waals surface area contributed by atoms with Crippen molar-refractivity contribution in [2.24, 2.45) is 5.92 Å². The van der Waals surface area contributed by atoms with Gasteiger partial charge in [-0.3, -0.25) is 4.79 Å². The summed E-state index contributed by atoms with van der Waals surface area (Å²) in [6, 6.07) is -0.871. The van der Waals surface area contributed by atoms with E-state index >= 15 is 0 Å². The van der Waals surface area contributed by atoms with Gasteiger partial charge in [-0.1, -0.05) is 31.8 Å². The molecule has 7 nitrogen and oxygen atoms in total. The molecule has 1 amide bonds. The summed E-state index contributed by atoms with van der Waals surface area (Å²) < 4.78 is 5.17. The number of hydrogen-bond donors (Lipinski definition) is 2. The Hall–Kier alpha value is -1.92. The van der Waals surface area contributed by atoms with Crippen molar-refractivity contribution >= 4 is 11.9 Å². The fraction of sp³-hybridized carbons (Fsp3) is 0.733. The molecule has 7 heteroatoms. The number of carboxylic acids is 1. The highest BCUT2D eigenvalue weighted by molar-refractivity contribution is 5.83. The van der Waals surface area contributed by atoms with E-state index in [-0.39, 0.29) is 18.2 Å². The molecule has 0 aliphatic heterocycles. The van der Waals surface area contributed by atoms with Gasteiger partial charge in [0.25, 0.3) is 0 Å². The molecule has 1 atom stereocenters. The second kappa shape index (κ2) is 7.38. The van der Waals surface area contributed by atoms with E-state index in [1.165, 1.54) is 12.8 Å². The Morgan fingerprint density at radius 1 is 1.36 bits per heavy atom. The first-order valence-electron chi connectivity index (χ1n) is 7.82. The van der Waals surface area contributed by atoms with Gasteiger partial charge in [0.2, 0.25) is 11.8 Å². The summed E-state index contributed by atoms with van der Waals surface area (Å²) in [4.78, 5) is 27.2. The maximum Gasteiger partial charge on any atom is 0.326 e. The predicted molar refractivity (Wildman–Crippen MR) is 78.2 cm³/mol. The normalized spacial score (nSPS) is 16.9. The smallest absolute Gasteiger partial charge is 0.326 e. The van der Waals surface area contributed by atoms with Gasteiger partial charge in [0.05, 0.1) is 0 Å². The maximum atomic E-state index is 11.8. The Morgan fingerprint density at radius 2 is 2.05 bits per heavy atom. The monoisotopic (exact) mass is 309 g/mol. The quantitative estimate of drug-likeness (QED) is 0.796. The highest BCUT2D eigenvalue weighted by Gasteiger charge is 2.24. The van der Waals surface area contributed by atoms with E-state index in [9.17, 15) is 9.59 Å². The van der Waals surface area contributed by atoms with Crippen molar-refractivity contribution in [1.29, 1.82) is 0 Å². The molecule has 1 heterocycles. The van der Waals surface area contributed by atoms with Crippen LogP contribution in [0.5, 0.6) is 0 Å². The van der Waals surface area contributed by atoms with Crippen LogP contribution < -0.4 is 5.32 Å². The van der Waals surface area contributed by atoms with Gasteiger partial charge in [0.1, 0.15) is 6.04 Å². The van der Waals surface area contributed by atoms with E-state index in [0.717, 1.165) is 18.7 Å². The lowest BCUT2D eigenvalue weighted by atomic mass is 10.0. The molecule has 2 N–H and O–H groups in total. The van der Waals surface area contributed by atoms with Crippen molar-refractivity contribution in [3.63, 3.8) is 0 Å². The van der Waals surface area contributed by atoms with Crippen molar-refractivity contribution in [3.8, 4) is 0 Å². The van der Waals surface area contributed by atoms with Crippen LogP contribution in [0.15, 0.2) is 4.52 Å². The van der Waals surface area contributed by atoms with Gasteiger partial charge in [-0.05, 0) is 18.8 Å². The Bertz CT molecular complexity index is 521. The second-order valence-corrected chi connectivity index (χ2v) is 6.16. The van der Waals surface area contributed by atoms with Gasteiger partial charge in [-0.15, -0.1) is 0 Å². The minimum absolute atomic E-state index is 0.142. The summed E-state index contributed by atoms with van der Waals surface area (Å²) >= 11 is 0. The molecule has 122 valence electrons. The molecule has 1 unspecified atom stereocenters. The zero-order valence-electron chi connectivity index (χ0n) is 13.0. The Morgan fingerprint density at radius 3 is 2.64 bits per heavy atom. The third-order valence-corrected chi connectivity index (χ3v) is 4.02. The molecule has 1 aliphatic rings. The van der Waals surface area contributed by atoms with Gasteiger partial charge < -0.3 is 14.9 Å². The fourth-order valence-electron chi connectivity index (χ4n) is 2.70. The molecule has 1 aliphatic carbocycles. The lowest BCUT2D eigenvalue weighted by Crippen LogP contribution is -2.44. The summed E-state index contributed by atoms with van der Waals surface area (Å²) in [6.45, 7) is 3.51. The highest BCUT2D eigenvalue weighted by atomic mass is 16.5. The third-order valence-electron chi connectivity index (χ3n) is 4.02. The van der Waals surface area contributed by atoms with Crippen LogP contribution in [0.25, 0.3) is 0 Å². The molecule has 1 saturated carbocycles. The van der Waals surface area contributed by atoms with Gasteiger partial charge in [0, 0.05) is 18.8 Å². The molecule has 0 aromatic carbocycles. The fourth-order valence-corrected chi connectivity index (χ4v) is 2.70. The molecule has 1 aromatic rings. The summed E-state index contributed by atoms with van der Waals surface area (Å²) in [7, 11) is 0. The second-order valence-electron chi connectivity index (χ2n) is 6.16. The predicted octanol–water partition coefficient (Wildman–Crippen LogP) is 1.89. The van der Waals surface area contributed by atoms with Crippen LogP contribution in [0.4, 0.5) is 0 Å². The first kappa shape index (κ1) is 16.5.